The third kappa shape index (κ3) is 3.75. The molecule has 3 N–H and O–H groups in total. The van der Waals surface area contributed by atoms with Crippen molar-refractivity contribution < 1.29 is 4.74 Å². The SMILES string of the molecule is COc1ccc(C)cc1NCCC(N)=S. The average Bonchev–Trinajstić information content (AvgIpc) is 2.17. The molecule has 4 heteroatoms. The molecule has 0 aliphatic rings. The van der Waals surface area contributed by atoms with Crippen LogP contribution in [0.1, 0.15) is 12.0 Å². The molecule has 0 fully saturated rings. The zero-order valence-corrected chi connectivity index (χ0v) is 9.86. The minimum Gasteiger partial charge on any atom is -0.495 e. The van der Waals surface area contributed by atoms with Crippen molar-refractivity contribution in [2.45, 2.75) is 13.3 Å². The number of rotatable bonds is 5. The van der Waals surface area contributed by atoms with Gasteiger partial charge in [0, 0.05) is 13.0 Å². The fourth-order valence-corrected chi connectivity index (χ4v) is 1.38. The summed E-state index contributed by atoms with van der Waals surface area (Å²) >= 11 is 4.80. The van der Waals surface area contributed by atoms with Gasteiger partial charge in [0.2, 0.25) is 0 Å². The number of nitrogens with two attached hydrogens (primary N) is 1. The topological polar surface area (TPSA) is 47.3 Å². The molecule has 1 aromatic rings. The number of aryl methyl sites for hydroxylation is 1. The van der Waals surface area contributed by atoms with Crippen molar-refractivity contribution in [2.75, 3.05) is 19.0 Å². The lowest BCUT2D eigenvalue weighted by Crippen LogP contribution is -2.14. The van der Waals surface area contributed by atoms with Gasteiger partial charge in [-0.3, -0.25) is 0 Å². The third-order valence-corrected chi connectivity index (χ3v) is 2.25. The minimum atomic E-state index is 0.522. The molecule has 0 heterocycles. The van der Waals surface area contributed by atoms with E-state index in [0.717, 1.165) is 18.0 Å². The predicted octanol–water partition coefficient (Wildman–Crippen LogP) is 2.09. The van der Waals surface area contributed by atoms with Crippen molar-refractivity contribution in [3.8, 4) is 5.75 Å². The van der Waals surface area contributed by atoms with Crippen molar-refractivity contribution in [3.05, 3.63) is 23.8 Å². The zero-order valence-electron chi connectivity index (χ0n) is 9.04. The summed E-state index contributed by atoms with van der Waals surface area (Å²) < 4.78 is 5.23. The van der Waals surface area contributed by atoms with Gasteiger partial charge in [0.1, 0.15) is 5.75 Å². The smallest absolute Gasteiger partial charge is 0.141 e. The third-order valence-electron chi connectivity index (χ3n) is 2.04. The van der Waals surface area contributed by atoms with E-state index < -0.39 is 0 Å². The Bertz CT molecular complexity index is 352. The number of nitrogens with one attached hydrogen (secondary N) is 1. The van der Waals surface area contributed by atoms with E-state index >= 15 is 0 Å². The van der Waals surface area contributed by atoms with Crippen LogP contribution in [0.25, 0.3) is 0 Å². The van der Waals surface area contributed by atoms with Gasteiger partial charge >= 0.3 is 0 Å². The molecule has 0 unspecified atom stereocenters. The largest absolute Gasteiger partial charge is 0.495 e. The number of methoxy groups -OCH3 is 1. The lowest BCUT2D eigenvalue weighted by atomic mass is 10.2. The molecular weight excluding hydrogens is 208 g/mol. The first-order chi connectivity index (χ1) is 7.13. The fourth-order valence-electron chi connectivity index (χ4n) is 1.28. The molecule has 1 aromatic carbocycles. The Morgan fingerprint density at radius 3 is 2.87 bits per heavy atom. The number of thiocarbonyl (C=S) groups is 1. The van der Waals surface area contributed by atoms with Gasteiger partial charge in [0.05, 0.1) is 17.8 Å². The molecule has 1 rings (SSSR count). The van der Waals surface area contributed by atoms with Crippen LogP contribution in [0.3, 0.4) is 0 Å². The second-order valence-corrected chi connectivity index (χ2v) is 3.87. The van der Waals surface area contributed by atoms with Crippen LogP contribution in [0.2, 0.25) is 0 Å². The predicted molar refractivity (Wildman–Crippen MR) is 67.6 cm³/mol. The van der Waals surface area contributed by atoms with Gasteiger partial charge in [0.15, 0.2) is 0 Å². The monoisotopic (exact) mass is 224 g/mol. The van der Waals surface area contributed by atoms with Crippen LogP contribution in [0, 0.1) is 6.92 Å². The summed E-state index contributed by atoms with van der Waals surface area (Å²) in [6.07, 6.45) is 0.687. The van der Waals surface area contributed by atoms with Crippen LogP contribution in [0.5, 0.6) is 5.75 Å². The van der Waals surface area contributed by atoms with Crippen LogP contribution in [0.4, 0.5) is 5.69 Å². The van der Waals surface area contributed by atoms with Crippen molar-refractivity contribution >= 4 is 22.9 Å². The highest BCUT2D eigenvalue weighted by atomic mass is 32.1. The fraction of sp³-hybridized carbons (Fsp3) is 0.364. The van der Waals surface area contributed by atoms with Crippen molar-refractivity contribution in [3.63, 3.8) is 0 Å². The molecule has 0 aliphatic carbocycles. The molecule has 0 spiro atoms. The lowest BCUT2D eigenvalue weighted by Gasteiger charge is -2.11. The van der Waals surface area contributed by atoms with Crippen molar-refractivity contribution in [1.29, 1.82) is 0 Å². The van der Waals surface area contributed by atoms with Gasteiger partial charge in [-0.05, 0) is 24.6 Å². The quantitative estimate of drug-likeness (QED) is 0.752. The molecule has 0 radical (unpaired) electrons. The Hall–Kier alpha value is -1.29. The van der Waals surface area contributed by atoms with Crippen LogP contribution < -0.4 is 15.8 Å². The first kappa shape index (κ1) is 11.8. The summed E-state index contributed by atoms with van der Waals surface area (Å²) in [5, 5.41) is 3.24. The van der Waals surface area contributed by atoms with E-state index in [4.69, 9.17) is 22.7 Å². The van der Waals surface area contributed by atoms with E-state index in [0.29, 0.717) is 11.4 Å². The summed E-state index contributed by atoms with van der Waals surface area (Å²) in [6.45, 7) is 2.77. The van der Waals surface area contributed by atoms with Crippen molar-refractivity contribution in [2.24, 2.45) is 5.73 Å². The maximum atomic E-state index is 5.42. The van der Waals surface area contributed by atoms with Gasteiger partial charge in [0.25, 0.3) is 0 Å². The van der Waals surface area contributed by atoms with Gasteiger partial charge < -0.3 is 15.8 Å². The zero-order chi connectivity index (χ0) is 11.3. The normalized spacial score (nSPS) is 9.73. The Labute approximate surface area is 95.6 Å². The summed E-state index contributed by atoms with van der Waals surface area (Å²) in [7, 11) is 1.66. The highest BCUT2D eigenvalue weighted by Crippen LogP contribution is 2.24. The molecule has 0 saturated heterocycles. The van der Waals surface area contributed by atoms with Crippen LogP contribution >= 0.6 is 12.2 Å². The molecular formula is C11H16N2OS. The maximum absolute atomic E-state index is 5.42. The van der Waals surface area contributed by atoms with Crippen molar-refractivity contribution in [1.82, 2.24) is 0 Å². The number of benzene rings is 1. The second kappa shape index (κ2) is 5.56. The first-order valence-corrected chi connectivity index (χ1v) is 5.21. The molecule has 0 bridgehead atoms. The van der Waals surface area contributed by atoms with Gasteiger partial charge in [-0.2, -0.15) is 0 Å². The molecule has 82 valence electrons. The summed E-state index contributed by atoms with van der Waals surface area (Å²) in [5.41, 5.74) is 7.59. The van der Waals surface area contributed by atoms with E-state index in [9.17, 15) is 0 Å². The number of hydrogen-bond acceptors (Lipinski definition) is 3. The Morgan fingerprint density at radius 1 is 1.53 bits per heavy atom. The maximum Gasteiger partial charge on any atom is 0.141 e. The molecule has 0 amide bonds. The summed E-state index contributed by atoms with van der Waals surface area (Å²) in [4.78, 5) is 0.522. The minimum absolute atomic E-state index is 0.522. The molecule has 0 saturated carbocycles. The van der Waals surface area contributed by atoms with Crippen LogP contribution in [0.15, 0.2) is 18.2 Å². The molecule has 0 aromatic heterocycles. The summed E-state index contributed by atoms with van der Waals surface area (Å²) in [5.74, 6) is 0.837. The Kier molecular flexibility index (Phi) is 4.37. The van der Waals surface area contributed by atoms with Gasteiger partial charge in [-0.15, -0.1) is 0 Å². The first-order valence-electron chi connectivity index (χ1n) is 4.80. The van der Waals surface area contributed by atoms with Crippen LogP contribution in [-0.4, -0.2) is 18.6 Å². The second-order valence-electron chi connectivity index (χ2n) is 3.35. The van der Waals surface area contributed by atoms with Crippen LogP contribution in [-0.2, 0) is 0 Å². The Balaban J connectivity index is 2.65. The molecule has 15 heavy (non-hydrogen) atoms. The highest BCUT2D eigenvalue weighted by Gasteiger charge is 2.01. The lowest BCUT2D eigenvalue weighted by molar-refractivity contribution is 0.416. The molecule has 3 nitrogen and oxygen atoms in total. The van der Waals surface area contributed by atoms with E-state index in [1.165, 1.54) is 5.56 Å². The number of hydrogen-bond donors (Lipinski definition) is 2. The Morgan fingerprint density at radius 2 is 2.27 bits per heavy atom. The van der Waals surface area contributed by atoms with Gasteiger partial charge in [-0.25, -0.2) is 0 Å². The number of ether oxygens (including phenoxy) is 1. The molecule has 0 aliphatic heterocycles. The van der Waals surface area contributed by atoms with Gasteiger partial charge in [-0.1, -0.05) is 18.3 Å². The van der Waals surface area contributed by atoms with E-state index in [1.54, 1.807) is 7.11 Å². The van der Waals surface area contributed by atoms with E-state index in [-0.39, 0.29) is 0 Å². The average molecular weight is 224 g/mol. The summed E-state index contributed by atoms with van der Waals surface area (Å²) in [6, 6.07) is 5.99. The van der Waals surface area contributed by atoms with E-state index in [1.807, 2.05) is 25.1 Å². The molecule has 0 atom stereocenters. The number of anilines is 1. The standard InChI is InChI=1S/C11H16N2OS/c1-8-3-4-10(14-2)9(7-8)13-6-5-11(12)15/h3-4,7,13H,5-6H2,1-2H3,(H2,12,15). The van der Waals surface area contributed by atoms with E-state index in [2.05, 4.69) is 5.32 Å². The highest BCUT2D eigenvalue weighted by molar-refractivity contribution is 7.80.